The fourth-order valence-corrected chi connectivity index (χ4v) is 3.61. The van der Waals surface area contributed by atoms with Crippen LogP contribution >= 0.6 is 0 Å². The first kappa shape index (κ1) is 13.9. The second-order valence-electron chi connectivity index (χ2n) is 5.98. The number of nitrogens with zero attached hydrogens (tertiary/aromatic N) is 1. The van der Waals surface area contributed by atoms with Crippen LogP contribution in [0.1, 0.15) is 65.7 Å². The zero-order chi connectivity index (χ0) is 13.1. The molecule has 1 aliphatic carbocycles. The Morgan fingerprint density at radius 3 is 2.56 bits per heavy atom. The van der Waals surface area contributed by atoms with E-state index in [-0.39, 0.29) is 12.2 Å². The average molecular weight is 252 g/mol. The van der Waals surface area contributed by atoms with Crippen LogP contribution in [0, 0.1) is 5.92 Å². The Hall–Kier alpha value is -0.570. The third-order valence-corrected chi connectivity index (χ3v) is 4.75. The van der Waals surface area contributed by atoms with Gasteiger partial charge < -0.3 is 4.90 Å². The van der Waals surface area contributed by atoms with E-state index in [2.05, 4.69) is 31.0 Å². The maximum atomic E-state index is 12.5. The number of carbonyl (C=O) groups is 1. The molecular formula is C15H28N2O. The van der Waals surface area contributed by atoms with Crippen molar-refractivity contribution in [2.24, 2.45) is 5.92 Å². The van der Waals surface area contributed by atoms with Gasteiger partial charge in [0.15, 0.2) is 0 Å². The van der Waals surface area contributed by atoms with Crippen LogP contribution in [-0.2, 0) is 4.79 Å². The van der Waals surface area contributed by atoms with E-state index in [1.54, 1.807) is 0 Å². The molecule has 3 nitrogen and oxygen atoms in total. The fourth-order valence-electron chi connectivity index (χ4n) is 3.61. The fraction of sp³-hybridized carbons (Fsp3) is 0.933. The molecule has 0 radical (unpaired) electrons. The molecule has 1 saturated carbocycles. The van der Waals surface area contributed by atoms with Gasteiger partial charge in [0.2, 0.25) is 5.91 Å². The molecule has 0 aromatic heterocycles. The smallest absolute Gasteiger partial charge is 0.241 e. The zero-order valence-corrected chi connectivity index (χ0v) is 12.1. The molecule has 18 heavy (non-hydrogen) atoms. The summed E-state index contributed by atoms with van der Waals surface area (Å²) in [7, 11) is 0. The highest BCUT2D eigenvalue weighted by Gasteiger charge is 2.42. The van der Waals surface area contributed by atoms with Gasteiger partial charge in [-0.2, -0.15) is 0 Å². The lowest BCUT2D eigenvalue weighted by Crippen LogP contribution is -2.47. The molecule has 1 heterocycles. The number of hydrogen-bond donors (Lipinski definition) is 1. The highest BCUT2D eigenvalue weighted by molar-refractivity contribution is 5.84. The Morgan fingerprint density at radius 1 is 1.17 bits per heavy atom. The summed E-state index contributed by atoms with van der Waals surface area (Å²) in [4.78, 5) is 14.7. The van der Waals surface area contributed by atoms with Crippen LogP contribution in [0.25, 0.3) is 0 Å². The van der Waals surface area contributed by atoms with Crippen LogP contribution in [0.3, 0.4) is 0 Å². The lowest BCUT2D eigenvalue weighted by atomic mass is 9.94. The van der Waals surface area contributed by atoms with Crippen molar-refractivity contribution in [3.8, 4) is 0 Å². The lowest BCUT2D eigenvalue weighted by molar-refractivity contribution is -0.133. The normalized spacial score (nSPS) is 37.9. The van der Waals surface area contributed by atoms with E-state index in [0.29, 0.717) is 17.9 Å². The molecule has 2 fully saturated rings. The van der Waals surface area contributed by atoms with Crippen molar-refractivity contribution in [2.75, 3.05) is 0 Å². The van der Waals surface area contributed by atoms with Gasteiger partial charge in [0.1, 0.15) is 0 Å². The quantitative estimate of drug-likeness (QED) is 0.783. The van der Waals surface area contributed by atoms with Gasteiger partial charge in [0.25, 0.3) is 0 Å². The minimum atomic E-state index is 0.0606. The van der Waals surface area contributed by atoms with Gasteiger partial charge in [-0.25, -0.2) is 0 Å². The predicted octanol–water partition coefficient (Wildman–Crippen LogP) is 2.90. The Bertz CT molecular complexity index is 292. The average Bonchev–Trinajstić information content (AvgIpc) is 2.54. The van der Waals surface area contributed by atoms with Gasteiger partial charge >= 0.3 is 0 Å². The summed E-state index contributed by atoms with van der Waals surface area (Å²) in [6.07, 6.45) is 8.63. The van der Waals surface area contributed by atoms with E-state index in [1.807, 2.05) is 0 Å². The molecule has 0 aromatic carbocycles. The molecule has 0 aromatic rings. The zero-order valence-electron chi connectivity index (χ0n) is 12.1. The molecule has 1 amide bonds. The summed E-state index contributed by atoms with van der Waals surface area (Å²) in [5.74, 6) is 1.01. The number of carbonyl (C=O) groups excluding carboxylic acids is 1. The minimum absolute atomic E-state index is 0.0606. The molecule has 0 spiro atoms. The maximum absolute atomic E-state index is 12.5. The summed E-state index contributed by atoms with van der Waals surface area (Å²) in [6.45, 7) is 6.61. The third kappa shape index (κ3) is 2.56. The summed E-state index contributed by atoms with van der Waals surface area (Å²) < 4.78 is 0. The maximum Gasteiger partial charge on any atom is 0.241 e. The van der Waals surface area contributed by atoms with Crippen molar-refractivity contribution in [2.45, 2.75) is 84.0 Å². The van der Waals surface area contributed by atoms with Crippen LogP contribution in [0.4, 0.5) is 0 Å². The van der Waals surface area contributed by atoms with Crippen molar-refractivity contribution in [3.05, 3.63) is 0 Å². The van der Waals surface area contributed by atoms with Crippen molar-refractivity contribution in [3.63, 3.8) is 0 Å². The Morgan fingerprint density at radius 2 is 1.89 bits per heavy atom. The molecule has 104 valence electrons. The van der Waals surface area contributed by atoms with Crippen molar-refractivity contribution >= 4 is 5.91 Å². The van der Waals surface area contributed by atoms with Gasteiger partial charge in [0, 0.05) is 6.04 Å². The second-order valence-corrected chi connectivity index (χ2v) is 5.98. The Labute approximate surface area is 111 Å². The SMILES string of the molecule is CCC1NC(CC)N(C2CCCCCC2C)C1=O. The van der Waals surface area contributed by atoms with Crippen molar-refractivity contribution in [1.29, 1.82) is 0 Å². The molecule has 2 rings (SSSR count). The van der Waals surface area contributed by atoms with E-state index in [9.17, 15) is 4.79 Å². The lowest BCUT2D eigenvalue weighted by Gasteiger charge is -2.35. The minimum Gasteiger partial charge on any atom is -0.323 e. The molecular weight excluding hydrogens is 224 g/mol. The number of rotatable bonds is 3. The number of hydrogen-bond acceptors (Lipinski definition) is 2. The highest BCUT2D eigenvalue weighted by atomic mass is 16.2. The molecule has 2 aliphatic rings. The van der Waals surface area contributed by atoms with Crippen LogP contribution < -0.4 is 5.32 Å². The largest absolute Gasteiger partial charge is 0.323 e. The summed E-state index contributed by atoms with van der Waals surface area (Å²) in [6, 6.07) is 0.527. The van der Waals surface area contributed by atoms with Gasteiger partial charge in [-0.1, -0.05) is 40.0 Å². The van der Waals surface area contributed by atoms with E-state index in [0.717, 1.165) is 12.8 Å². The first-order valence-electron chi connectivity index (χ1n) is 7.77. The van der Waals surface area contributed by atoms with Gasteiger partial charge in [0.05, 0.1) is 12.2 Å². The summed E-state index contributed by atoms with van der Waals surface area (Å²) in [5, 5.41) is 3.50. The monoisotopic (exact) mass is 252 g/mol. The van der Waals surface area contributed by atoms with Crippen LogP contribution in [0.15, 0.2) is 0 Å². The standard InChI is InChI=1S/C15H28N2O/c1-4-12-15(18)17(14(5-2)16-12)13-10-8-6-7-9-11(13)3/h11-14,16H,4-10H2,1-3H3. The molecule has 1 saturated heterocycles. The van der Waals surface area contributed by atoms with Crippen LogP contribution in [-0.4, -0.2) is 29.1 Å². The van der Waals surface area contributed by atoms with Gasteiger partial charge in [-0.3, -0.25) is 10.1 Å². The predicted molar refractivity (Wildman–Crippen MR) is 74.2 cm³/mol. The van der Waals surface area contributed by atoms with Crippen molar-refractivity contribution in [1.82, 2.24) is 10.2 Å². The molecule has 4 atom stereocenters. The number of amides is 1. The molecule has 4 unspecified atom stereocenters. The molecule has 0 bridgehead atoms. The molecule has 1 N–H and O–H groups in total. The third-order valence-electron chi connectivity index (χ3n) is 4.75. The van der Waals surface area contributed by atoms with Crippen LogP contribution in [0.5, 0.6) is 0 Å². The molecule has 3 heteroatoms. The second kappa shape index (κ2) is 6.05. The van der Waals surface area contributed by atoms with E-state index >= 15 is 0 Å². The van der Waals surface area contributed by atoms with Crippen LogP contribution in [0.2, 0.25) is 0 Å². The molecule has 1 aliphatic heterocycles. The van der Waals surface area contributed by atoms with E-state index < -0.39 is 0 Å². The van der Waals surface area contributed by atoms with E-state index in [1.165, 1.54) is 32.1 Å². The first-order valence-corrected chi connectivity index (χ1v) is 7.77. The highest BCUT2D eigenvalue weighted by Crippen LogP contribution is 2.31. The summed E-state index contributed by atoms with van der Waals surface area (Å²) in [5.41, 5.74) is 0. The van der Waals surface area contributed by atoms with Crippen molar-refractivity contribution < 1.29 is 4.79 Å². The Balaban J connectivity index is 2.15. The van der Waals surface area contributed by atoms with Gasteiger partial charge in [-0.15, -0.1) is 0 Å². The Kier molecular flexibility index (Phi) is 4.66. The van der Waals surface area contributed by atoms with Gasteiger partial charge in [-0.05, 0) is 31.6 Å². The first-order chi connectivity index (χ1) is 8.69. The number of nitrogens with one attached hydrogen (secondary N) is 1. The van der Waals surface area contributed by atoms with E-state index in [4.69, 9.17) is 0 Å². The topological polar surface area (TPSA) is 32.3 Å². The summed E-state index contributed by atoms with van der Waals surface area (Å²) >= 11 is 0.